The predicted octanol–water partition coefficient (Wildman–Crippen LogP) is 15.8. The van der Waals surface area contributed by atoms with Gasteiger partial charge in [0.1, 0.15) is 28.8 Å². The number of halogens is 11. The number of para-hydroxylation sites is 4. The SMILES string of the molecule is C[C@H](NC(=O)C(F)(F)F)c1c(Br)c2cccc(F)c2c(=O)n1-c1ccccc1.Cc1c([C@H](C)N)n(-c2ccccc2)c(=O)c2c(F)cccc12.Cc1c([C@H](C)NC(=O)C(F)(F)F)n(-c2ccccc2)c(=O)c2c(F)cccc12.Cc1c([C@H](C)NC(=O)c2c(N)nn3cccnc23)n(-c2ccccc2)c(=O)c2c(F)cccc12. The Hall–Kier alpha value is -12.8. The number of fused-ring (bicyclic) bond motifs is 5. The molecule has 0 aliphatic carbocycles. The Balaban J connectivity index is 0.000000149. The van der Waals surface area contributed by atoms with Gasteiger partial charge in [-0.2, -0.15) is 26.3 Å². The average Bonchev–Trinajstić information content (AvgIpc) is 1.01. The number of aromatic nitrogens is 7. The third-order valence-electron chi connectivity index (χ3n) is 18.4. The minimum Gasteiger partial charge on any atom is -0.381 e. The number of carbonyl (C=O) groups is 3. The number of hydrogen-bond acceptors (Lipinski definition) is 11. The molecule has 19 nitrogen and oxygen atoms in total. The van der Waals surface area contributed by atoms with Gasteiger partial charge >= 0.3 is 24.2 Å². The van der Waals surface area contributed by atoms with E-state index in [9.17, 15) is 77.5 Å². The molecule has 6 heterocycles. The number of rotatable bonds is 12. The monoisotopic (exact) mass is 1600 g/mol. The Morgan fingerprint density at radius 1 is 0.420 bits per heavy atom. The fourth-order valence-electron chi connectivity index (χ4n) is 13.6. The fourth-order valence-corrected chi connectivity index (χ4v) is 14.4. The van der Waals surface area contributed by atoms with Crippen LogP contribution in [0.3, 0.4) is 0 Å². The molecule has 0 saturated carbocycles. The van der Waals surface area contributed by atoms with Gasteiger partial charge in [-0.05, 0) is 176 Å². The zero-order valence-electron chi connectivity index (χ0n) is 60.3. The van der Waals surface area contributed by atoms with Crippen molar-refractivity contribution in [3.05, 3.63) is 327 Å². The van der Waals surface area contributed by atoms with Crippen LogP contribution < -0.4 is 49.7 Å². The molecular weight excluding hydrogens is 1530 g/mol. The van der Waals surface area contributed by atoms with Crippen LogP contribution in [-0.4, -0.2) is 62.9 Å². The highest BCUT2D eigenvalue weighted by atomic mass is 79.9. The molecule has 0 aliphatic heterocycles. The fraction of sp³-hybridized carbons (Fsp3) is 0.159. The standard InChI is InChI=1S/C25H21FN6O2.C20H16F4N2O2.C19H13BrF4N2O2.C18H17FN2O/c1-14-17-10-6-11-18(26)19(17)25(34)32(16-8-4-3-5-9-16)21(14)15(2)29-24(33)20-22(27)30-31-13-7-12-28-23(20)31;1-11-14-9-6-10-15(21)16(14)18(27)26(13-7-4-3-5-8-13)17(11)12(2)25-19(28)20(22,23)24;1-10(25-18(28)19(22,23)24)16-15(20)12-8-5-9-13(21)14(12)17(27)26(16)11-6-3-2-4-7-11;1-11-14-9-6-10-15(19)16(14)18(22)21(17(11)12(2)20)13-7-4-3-5-8-13/h3-13,15H,1-2H3,(H2,27,30)(H,29,33);3-10,12H,1-2H3,(H,25,28);2-10H,1H3,(H,25,28);3-10,12H,20H2,1-2H3/t15-;12-;10-;12-/m0000/s1. The number of amides is 3. The van der Waals surface area contributed by atoms with E-state index in [2.05, 4.69) is 31.3 Å². The van der Waals surface area contributed by atoms with E-state index in [0.717, 1.165) is 26.8 Å². The summed E-state index contributed by atoms with van der Waals surface area (Å²) < 4.78 is 141. The summed E-state index contributed by atoms with van der Waals surface area (Å²) in [5.74, 6) is -7.29. The van der Waals surface area contributed by atoms with Gasteiger partial charge in [-0.25, -0.2) is 27.1 Å². The Morgan fingerprint density at radius 2 is 0.723 bits per heavy atom. The molecule has 112 heavy (non-hydrogen) atoms. The third kappa shape index (κ3) is 15.8. The van der Waals surface area contributed by atoms with E-state index in [1.54, 1.807) is 142 Å². The van der Waals surface area contributed by atoms with Gasteiger partial charge < -0.3 is 27.4 Å². The predicted molar refractivity (Wildman–Crippen MR) is 411 cm³/mol. The quantitative estimate of drug-likeness (QED) is 0.0719. The molecule has 0 unspecified atom stereocenters. The van der Waals surface area contributed by atoms with Crippen molar-refractivity contribution in [2.75, 3.05) is 5.73 Å². The lowest BCUT2D eigenvalue weighted by atomic mass is 10.00. The van der Waals surface area contributed by atoms with Crippen LogP contribution in [0.2, 0.25) is 0 Å². The Kier molecular flexibility index (Phi) is 23.5. The van der Waals surface area contributed by atoms with E-state index in [4.69, 9.17) is 11.5 Å². The van der Waals surface area contributed by atoms with Crippen LogP contribution in [0, 0.1) is 44.0 Å². The number of aryl methyl sites for hydroxylation is 3. The van der Waals surface area contributed by atoms with Crippen molar-refractivity contribution in [1.29, 1.82) is 0 Å². The van der Waals surface area contributed by atoms with Gasteiger partial charge in [0.25, 0.3) is 28.1 Å². The summed E-state index contributed by atoms with van der Waals surface area (Å²) in [5.41, 5.74) is 15.5. The Bertz CT molecular complexity index is 6060. The summed E-state index contributed by atoms with van der Waals surface area (Å²) in [4.78, 5) is 92.9. The molecule has 0 bridgehead atoms. The molecule has 30 heteroatoms. The highest BCUT2D eigenvalue weighted by molar-refractivity contribution is 9.10. The van der Waals surface area contributed by atoms with E-state index in [-0.39, 0.29) is 71.2 Å². The highest BCUT2D eigenvalue weighted by Crippen LogP contribution is 2.36. The number of benzene rings is 8. The highest BCUT2D eigenvalue weighted by Gasteiger charge is 2.41. The van der Waals surface area contributed by atoms with Crippen LogP contribution in [-0.2, 0) is 9.59 Å². The zero-order chi connectivity index (χ0) is 81.1. The second-order valence-corrected chi connectivity index (χ2v) is 26.6. The summed E-state index contributed by atoms with van der Waals surface area (Å²) in [5, 5.41) is 12.1. The second-order valence-electron chi connectivity index (χ2n) is 25.8. The number of nitrogens with zero attached hydrogens (tertiary/aromatic N) is 7. The van der Waals surface area contributed by atoms with Crippen LogP contribution in [0.5, 0.6) is 0 Å². The number of anilines is 1. The number of pyridine rings is 4. The summed E-state index contributed by atoms with van der Waals surface area (Å²) in [6.07, 6.45) is -6.95. The summed E-state index contributed by atoms with van der Waals surface area (Å²) >= 11 is 3.28. The molecule has 0 radical (unpaired) electrons. The van der Waals surface area contributed by atoms with Crippen LogP contribution >= 0.6 is 15.9 Å². The zero-order valence-corrected chi connectivity index (χ0v) is 61.9. The van der Waals surface area contributed by atoms with E-state index < -0.39 is 88.1 Å². The summed E-state index contributed by atoms with van der Waals surface area (Å²) in [6.45, 7) is 11.5. The molecule has 8 aromatic carbocycles. The van der Waals surface area contributed by atoms with Gasteiger partial charge in [-0.1, -0.05) is 121 Å². The van der Waals surface area contributed by atoms with Crippen molar-refractivity contribution in [2.45, 2.75) is 85.0 Å². The molecule has 0 fully saturated rings. The summed E-state index contributed by atoms with van der Waals surface area (Å²) in [7, 11) is 0. The first-order valence-electron chi connectivity index (χ1n) is 34.3. The van der Waals surface area contributed by atoms with E-state index in [0.29, 0.717) is 61.7 Å². The molecule has 14 aromatic rings. The maximum Gasteiger partial charge on any atom is 0.471 e. The summed E-state index contributed by atoms with van der Waals surface area (Å²) in [6, 6.07) is 50.0. The lowest BCUT2D eigenvalue weighted by Crippen LogP contribution is -2.40. The Labute approximate surface area is 638 Å². The number of carbonyl (C=O) groups excluding carboxylic acids is 3. The van der Waals surface area contributed by atoms with Gasteiger partial charge in [0.15, 0.2) is 11.5 Å². The van der Waals surface area contributed by atoms with Crippen LogP contribution in [0.15, 0.2) is 236 Å². The Morgan fingerprint density at radius 3 is 1.07 bits per heavy atom. The third-order valence-corrected chi connectivity index (χ3v) is 19.3. The normalized spacial score (nSPS) is 12.6. The van der Waals surface area contributed by atoms with Gasteiger partial charge in [0, 0.05) is 56.7 Å². The number of hydrogen-bond donors (Lipinski definition) is 5. The van der Waals surface area contributed by atoms with Gasteiger partial charge in [-0.15, -0.1) is 5.10 Å². The van der Waals surface area contributed by atoms with Gasteiger partial charge in [0.2, 0.25) is 0 Å². The maximum absolute atomic E-state index is 14.7. The van der Waals surface area contributed by atoms with Crippen molar-refractivity contribution in [2.24, 2.45) is 5.73 Å². The molecule has 4 atom stereocenters. The van der Waals surface area contributed by atoms with E-state index in [1.807, 2.05) is 67.8 Å². The molecule has 6 aromatic heterocycles. The minimum absolute atomic E-state index is 0.00204. The van der Waals surface area contributed by atoms with Gasteiger partial charge in [-0.3, -0.25) is 51.8 Å². The van der Waals surface area contributed by atoms with Crippen LogP contribution in [0.25, 0.3) is 71.5 Å². The largest absolute Gasteiger partial charge is 0.471 e. The lowest BCUT2D eigenvalue weighted by Gasteiger charge is -2.24. The van der Waals surface area contributed by atoms with Gasteiger partial charge in [0.05, 0.1) is 56.8 Å². The van der Waals surface area contributed by atoms with Crippen molar-refractivity contribution < 1.29 is 58.3 Å². The van der Waals surface area contributed by atoms with E-state index >= 15 is 0 Å². The van der Waals surface area contributed by atoms with Crippen molar-refractivity contribution >= 4 is 88.2 Å². The first-order chi connectivity index (χ1) is 53.1. The topological polar surface area (TPSA) is 258 Å². The second kappa shape index (κ2) is 32.8. The minimum atomic E-state index is -5.08. The number of nitrogens with one attached hydrogen (secondary N) is 3. The smallest absolute Gasteiger partial charge is 0.381 e. The van der Waals surface area contributed by atoms with Crippen molar-refractivity contribution in [3.8, 4) is 22.7 Å². The molecular formula is C82H67BrF10N12O7. The van der Waals surface area contributed by atoms with E-state index in [1.165, 1.54) is 63.9 Å². The molecule has 574 valence electrons. The van der Waals surface area contributed by atoms with Crippen molar-refractivity contribution in [1.82, 2.24) is 48.8 Å². The molecule has 0 spiro atoms. The van der Waals surface area contributed by atoms with Crippen LogP contribution in [0.1, 0.15) is 102 Å². The maximum atomic E-state index is 14.7. The number of alkyl halides is 6. The van der Waals surface area contributed by atoms with Crippen LogP contribution in [0.4, 0.5) is 49.7 Å². The molecule has 14 rings (SSSR count). The first-order valence-corrected chi connectivity index (χ1v) is 35.1. The molecule has 3 amide bonds. The first kappa shape index (κ1) is 80.2. The van der Waals surface area contributed by atoms with Crippen molar-refractivity contribution in [3.63, 3.8) is 0 Å². The number of nitrogens with two attached hydrogens (primary N) is 2. The molecule has 0 saturated heterocycles. The number of nitrogen functional groups attached to an aromatic ring is 1. The average molecular weight is 1600 g/mol. The lowest BCUT2D eigenvalue weighted by molar-refractivity contribution is -0.174. The molecule has 0 aliphatic rings. The molecule has 7 N–H and O–H groups in total.